The topological polar surface area (TPSA) is 32.8 Å². The molecule has 52 valence electrons. The Labute approximate surface area is 55.1 Å². The number of hydrogen-bond acceptors (Lipinski definition) is 2. The van der Waals surface area contributed by atoms with Crippen molar-refractivity contribution in [2.75, 3.05) is 6.61 Å². The van der Waals surface area contributed by atoms with Crippen LogP contribution >= 0.6 is 0 Å². The molecule has 0 radical (unpaired) electrons. The molecule has 1 aliphatic rings. The van der Waals surface area contributed by atoms with Gasteiger partial charge in [0.25, 0.3) is 0 Å². The highest BCUT2D eigenvalue weighted by atomic mass is 16.6. The lowest BCUT2D eigenvalue weighted by atomic mass is 10.0. The van der Waals surface area contributed by atoms with Crippen LogP contribution in [0.3, 0.4) is 0 Å². The van der Waals surface area contributed by atoms with Crippen molar-refractivity contribution in [3.8, 4) is 0 Å². The Bertz CT molecular complexity index is 116. The normalized spacial score (nSPS) is 35.8. The first-order chi connectivity index (χ1) is 4.19. The molecule has 2 heteroatoms. The van der Waals surface area contributed by atoms with Gasteiger partial charge >= 0.3 is 0 Å². The van der Waals surface area contributed by atoms with E-state index in [1.54, 1.807) is 6.08 Å². The first kappa shape index (κ1) is 6.78. The van der Waals surface area contributed by atoms with Crippen LogP contribution in [-0.4, -0.2) is 23.4 Å². The molecular weight excluding hydrogens is 116 g/mol. The number of hydrogen-bond donors (Lipinski definition) is 1. The van der Waals surface area contributed by atoms with Gasteiger partial charge in [-0.05, 0) is 13.3 Å². The summed E-state index contributed by atoms with van der Waals surface area (Å²) >= 11 is 0. The van der Waals surface area contributed by atoms with Crippen LogP contribution in [0.5, 0.6) is 0 Å². The van der Waals surface area contributed by atoms with Crippen LogP contribution in [0.1, 0.15) is 13.3 Å². The van der Waals surface area contributed by atoms with Crippen molar-refractivity contribution in [3.05, 3.63) is 12.7 Å². The number of ether oxygens (including phenoxy) is 1. The van der Waals surface area contributed by atoms with E-state index < -0.39 is 0 Å². The van der Waals surface area contributed by atoms with E-state index in [4.69, 9.17) is 4.74 Å². The molecule has 1 heterocycles. The van der Waals surface area contributed by atoms with Gasteiger partial charge in [0.1, 0.15) is 5.60 Å². The lowest BCUT2D eigenvalue weighted by Crippen LogP contribution is -2.25. The summed E-state index contributed by atoms with van der Waals surface area (Å²) < 4.78 is 5.01. The fourth-order valence-corrected chi connectivity index (χ4v) is 0.713. The van der Waals surface area contributed by atoms with Crippen LogP contribution in [0.25, 0.3) is 0 Å². The van der Waals surface area contributed by atoms with Crippen LogP contribution in [0, 0.1) is 0 Å². The quantitative estimate of drug-likeness (QED) is 0.448. The molecule has 9 heavy (non-hydrogen) atoms. The molecule has 2 nitrogen and oxygen atoms in total. The molecule has 2 unspecified atom stereocenters. The van der Waals surface area contributed by atoms with Gasteiger partial charge in [0.15, 0.2) is 0 Å². The summed E-state index contributed by atoms with van der Waals surface area (Å²) in [6.45, 7) is 6.11. The van der Waals surface area contributed by atoms with Gasteiger partial charge in [0.05, 0.1) is 12.7 Å². The zero-order valence-electron chi connectivity index (χ0n) is 5.63. The highest BCUT2D eigenvalue weighted by Gasteiger charge is 2.45. The number of aliphatic hydroxyl groups is 1. The zero-order chi connectivity index (χ0) is 6.91. The van der Waals surface area contributed by atoms with Gasteiger partial charge < -0.3 is 9.84 Å². The third-order valence-corrected chi connectivity index (χ3v) is 1.69. The van der Waals surface area contributed by atoms with E-state index in [-0.39, 0.29) is 11.7 Å². The molecule has 0 amide bonds. The minimum atomic E-state index is -0.366. The van der Waals surface area contributed by atoms with Gasteiger partial charge in [-0.2, -0.15) is 0 Å². The van der Waals surface area contributed by atoms with Crippen LogP contribution in [0.2, 0.25) is 0 Å². The largest absolute Gasteiger partial charge is 0.390 e. The number of epoxide rings is 1. The predicted octanol–water partition coefficient (Wildman–Crippen LogP) is 0.712. The Balaban J connectivity index is 2.32. The van der Waals surface area contributed by atoms with Crippen molar-refractivity contribution in [1.29, 1.82) is 0 Å². The number of rotatable bonds is 3. The second-order valence-electron chi connectivity index (χ2n) is 2.64. The molecule has 1 aliphatic heterocycles. The number of aliphatic hydroxyl groups excluding tert-OH is 1. The minimum Gasteiger partial charge on any atom is -0.390 e. The van der Waals surface area contributed by atoms with E-state index in [1.807, 2.05) is 6.92 Å². The molecular formula is C7H12O2. The van der Waals surface area contributed by atoms with E-state index in [0.717, 1.165) is 0 Å². The average molecular weight is 128 g/mol. The summed E-state index contributed by atoms with van der Waals surface area (Å²) in [4.78, 5) is 0. The summed E-state index contributed by atoms with van der Waals surface area (Å²) in [5.74, 6) is 0. The third kappa shape index (κ3) is 1.32. The molecule has 0 saturated carbocycles. The Kier molecular flexibility index (Phi) is 1.60. The maximum atomic E-state index is 9.25. The zero-order valence-corrected chi connectivity index (χ0v) is 5.63. The predicted molar refractivity (Wildman–Crippen MR) is 35.2 cm³/mol. The Morgan fingerprint density at radius 3 is 2.89 bits per heavy atom. The molecule has 0 aromatic rings. The van der Waals surface area contributed by atoms with Crippen LogP contribution in [0.4, 0.5) is 0 Å². The van der Waals surface area contributed by atoms with Crippen molar-refractivity contribution in [1.82, 2.24) is 0 Å². The Hall–Kier alpha value is -0.340. The van der Waals surface area contributed by atoms with Crippen molar-refractivity contribution >= 4 is 0 Å². The van der Waals surface area contributed by atoms with E-state index in [2.05, 4.69) is 6.58 Å². The van der Waals surface area contributed by atoms with Gasteiger partial charge in [0.2, 0.25) is 0 Å². The molecule has 1 saturated heterocycles. The first-order valence-corrected chi connectivity index (χ1v) is 3.12. The van der Waals surface area contributed by atoms with E-state index >= 15 is 0 Å². The summed E-state index contributed by atoms with van der Waals surface area (Å²) in [6.07, 6.45) is 1.96. The smallest absolute Gasteiger partial charge is 0.115 e. The highest BCUT2D eigenvalue weighted by molar-refractivity contribution is 4.96. The summed E-state index contributed by atoms with van der Waals surface area (Å²) in [7, 11) is 0. The molecule has 1 fully saturated rings. The molecule has 0 aliphatic carbocycles. The minimum absolute atomic E-state index is 0.256. The monoisotopic (exact) mass is 128 g/mol. The second kappa shape index (κ2) is 2.12. The van der Waals surface area contributed by atoms with E-state index in [0.29, 0.717) is 13.0 Å². The fraction of sp³-hybridized carbons (Fsp3) is 0.714. The maximum Gasteiger partial charge on any atom is 0.115 e. The summed E-state index contributed by atoms with van der Waals surface area (Å²) in [6, 6.07) is 0. The van der Waals surface area contributed by atoms with E-state index in [9.17, 15) is 5.11 Å². The first-order valence-electron chi connectivity index (χ1n) is 3.12. The molecule has 0 spiro atoms. The van der Waals surface area contributed by atoms with Crippen molar-refractivity contribution in [3.63, 3.8) is 0 Å². The molecule has 0 aromatic heterocycles. The second-order valence-corrected chi connectivity index (χ2v) is 2.64. The SMILES string of the molecule is C=CCC(O)C1(C)CO1. The van der Waals surface area contributed by atoms with Gasteiger partial charge in [-0.1, -0.05) is 6.08 Å². The van der Waals surface area contributed by atoms with Crippen molar-refractivity contribution in [2.45, 2.75) is 25.0 Å². The third-order valence-electron chi connectivity index (χ3n) is 1.69. The summed E-state index contributed by atoms with van der Waals surface area (Å²) in [5.41, 5.74) is -0.256. The Morgan fingerprint density at radius 1 is 2.00 bits per heavy atom. The van der Waals surface area contributed by atoms with Crippen LogP contribution in [0.15, 0.2) is 12.7 Å². The lowest BCUT2D eigenvalue weighted by molar-refractivity contribution is 0.0874. The molecule has 0 aromatic carbocycles. The molecule has 0 bridgehead atoms. The highest BCUT2D eigenvalue weighted by Crippen LogP contribution is 2.31. The molecule has 2 atom stereocenters. The van der Waals surface area contributed by atoms with Gasteiger partial charge in [-0.3, -0.25) is 0 Å². The van der Waals surface area contributed by atoms with Crippen LogP contribution in [-0.2, 0) is 4.74 Å². The standard InChI is InChI=1S/C7H12O2/c1-3-4-6(8)7(2)5-9-7/h3,6,8H,1,4-5H2,2H3. The lowest BCUT2D eigenvalue weighted by Gasteiger charge is -2.10. The van der Waals surface area contributed by atoms with Crippen molar-refractivity contribution < 1.29 is 9.84 Å². The fourth-order valence-electron chi connectivity index (χ4n) is 0.713. The van der Waals surface area contributed by atoms with Crippen LogP contribution < -0.4 is 0 Å². The summed E-state index contributed by atoms with van der Waals surface area (Å²) in [5, 5.41) is 9.25. The van der Waals surface area contributed by atoms with Gasteiger partial charge in [-0.15, -0.1) is 6.58 Å². The van der Waals surface area contributed by atoms with Gasteiger partial charge in [0, 0.05) is 0 Å². The Morgan fingerprint density at radius 2 is 2.56 bits per heavy atom. The van der Waals surface area contributed by atoms with Gasteiger partial charge in [-0.25, -0.2) is 0 Å². The van der Waals surface area contributed by atoms with Crippen molar-refractivity contribution in [2.24, 2.45) is 0 Å². The maximum absolute atomic E-state index is 9.25. The molecule has 1 rings (SSSR count). The van der Waals surface area contributed by atoms with E-state index in [1.165, 1.54) is 0 Å². The molecule has 1 N–H and O–H groups in total. The average Bonchev–Trinajstić information content (AvgIpc) is 2.50.